The van der Waals surface area contributed by atoms with Crippen molar-refractivity contribution in [2.24, 2.45) is 0 Å². The fourth-order valence-corrected chi connectivity index (χ4v) is 8.54. The molecule has 3 aromatic rings. The highest BCUT2D eigenvalue weighted by Crippen LogP contribution is 2.35. The summed E-state index contributed by atoms with van der Waals surface area (Å²) in [5, 5.41) is 0.621. The van der Waals surface area contributed by atoms with E-state index in [9.17, 15) is 13.2 Å². The molecule has 1 fully saturated rings. The van der Waals surface area contributed by atoms with Crippen molar-refractivity contribution in [2.45, 2.75) is 42.9 Å². The predicted octanol–water partition coefficient (Wildman–Crippen LogP) is 4.85. The number of halogens is 1. The van der Waals surface area contributed by atoms with E-state index in [1.165, 1.54) is 21.7 Å². The van der Waals surface area contributed by atoms with Gasteiger partial charge < -0.3 is 4.90 Å². The van der Waals surface area contributed by atoms with Gasteiger partial charge in [-0.25, -0.2) is 13.4 Å². The van der Waals surface area contributed by atoms with Crippen LogP contribution in [0.3, 0.4) is 0 Å². The normalized spacial score (nSPS) is 17.5. The number of hydrogen-bond donors (Lipinski definition) is 0. The Balaban J connectivity index is 1.69. The fourth-order valence-electron chi connectivity index (χ4n) is 4.21. The van der Waals surface area contributed by atoms with Crippen LogP contribution in [0.5, 0.6) is 0 Å². The molecular weight excluding hydrogens is 512 g/mol. The molecule has 11 heteroatoms. The van der Waals surface area contributed by atoms with E-state index in [0.717, 1.165) is 52.9 Å². The second kappa shape index (κ2) is 10.6. The Morgan fingerprint density at radius 3 is 2.65 bits per heavy atom. The van der Waals surface area contributed by atoms with E-state index in [-0.39, 0.29) is 10.1 Å². The van der Waals surface area contributed by atoms with Gasteiger partial charge in [0.15, 0.2) is 5.13 Å². The van der Waals surface area contributed by atoms with E-state index in [1.54, 1.807) is 11.0 Å². The van der Waals surface area contributed by atoms with Gasteiger partial charge in [0.2, 0.25) is 5.91 Å². The van der Waals surface area contributed by atoms with Gasteiger partial charge in [-0.2, -0.15) is 4.31 Å². The molecule has 1 aliphatic rings. The van der Waals surface area contributed by atoms with E-state index in [2.05, 4.69) is 4.90 Å². The number of aromatic nitrogens is 1. The van der Waals surface area contributed by atoms with Crippen molar-refractivity contribution < 1.29 is 13.2 Å². The van der Waals surface area contributed by atoms with Crippen LogP contribution >= 0.6 is 34.3 Å². The number of amides is 1. The smallest absolute Gasteiger partial charge is 0.253 e. The summed E-state index contributed by atoms with van der Waals surface area (Å²) in [5.74, 6) is -0.207. The van der Waals surface area contributed by atoms with Crippen molar-refractivity contribution in [3.63, 3.8) is 0 Å². The Labute approximate surface area is 214 Å². The molecule has 1 aromatic carbocycles. The molecule has 4 rings (SSSR count). The second-order valence-corrected chi connectivity index (χ2v) is 13.6. The van der Waals surface area contributed by atoms with Gasteiger partial charge in [-0.3, -0.25) is 9.69 Å². The molecule has 0 N–H and O–H groups in total. The molecule has 1 amide bonds. The van der Waals surface area contributed by atoms with Gasteiger partial charge in [0.1, 0.15) is 10.3 Å². The summed E-state index contributed by atoms with van der Waals surface area (Å²) in [5.41, 5.74) is 1.94. The number of nitrogens with zero attached hydrogens (tertiary/aromatic N) is 4. The highest BCUT2D eigenvalue weighted by atomic mass is 35.5. The van der Waals surface area contributed by atoms with Crippen LogP contribution in [0.25, 0.3) is 10.2 Å². The molecule has 34 heavy (non-hydrogen) atoms. The van der Waals surface area contributed by atoms with Crippen molar-refractivity contribution >= 4 is 65.6 Å². The molecule has 2 aromatic heterocycles. The number of thiophene rings is 1. The van der Waals surface area contributed by atoms with E-state index >= 15 is 0 Å². The molecule has 0 spiro atoms. The monoisotopic (exact) mass is 540 g/mol. The van der Waals surface area contributed by atoms with Gasteiger partial charge in [0.25, 0.3) is 10.0 Å². The van der Waals surface area contributed by atoms with E-state index in [4.69, 9.17) is 16.6 Å². The lowest BCUT2D eigenvalue weighted by molar-refractivity contribution is -0.123. The van der Waals surface area contributed by atoms with E-state index in [1.807, 2.05) is 39.2 Å². The number of anilines is 1. The third-order valence-electron chi connectivity index (χ3n) is 5.94. The SMILES string of the molecule is Cc1cccc2sc(N(CCCN(C)C)C(=O)C3CCCCN3S(=O)(=O)c3ccc(Cl)s3)nc12. The highest BCUT2D eigenvalue weighted by molar-refractivity contribution is 7.91. The van der Waals surface area contributed by atoms with Gasteiger partial charge in [0.05, 0.1) is 14.6 Å². The molecule has 0 aliphatic carbocycles. The summed E-state index contributed by atoms with van der Waals surface area (Å²) < 4.78 is 29.9. The van der Waals surface area contributed by atoms with Gasteiger partial charge in [-0.05, 0) is 70.6 Å². The molecule has 1 saturated heterocycles. The predicted molar refractivity (Wildman–Crippen MR) is 141 cm³/mol. The Morgan fingerprint density at radius 1 is 1.18 bits per heavy atom. The third kappa shape index (κ3) is 5.32. The number of benzene rings is 1. The lowest BCUT2D eigenvalue weighted by Crippen LogP contribution is -2.53. The quantitative estimate of drug-likeness (QED) is 0.408. The van der Waals surface area contributed by atoms with Crippen LogP contribution in [-0.2, 0) is 14.8 Å². The number of rotatable bonds is 8. The maximum Gasteiger partial charge on any atom is 0.253 e. The molecule has 0 bridgehead atoms. The maximum atomic E-state index is 14.0. The zero-order chi connectivity index (χ0) is 24.5. The van der Waals surface area contributed by atoms with Crippen molar-refractivity contribution in [2.75, 3.05) is 38.6 Å². The van der Waals surface area contributed by atoms with Gasteiger partial charge in [-0.1, -0.05) is 41.5 Å². The molecule has 3 heterocycles. The molecule has 0 saturated carbocycles. The molecule has 0 radical (unpaired) electrons. The molecule has 1 aliphatic heterocycles. The van der Waals surface area contributed by atoms with Crippen molar-refractivity contribution in [1.29, 1.82) is 0 Å². The average molecular weight is 541 g/mol. The molecule has 184 valence electrons. The zero-order valence-corrected chi connectivity index (χ0v) is 22.7. The number of carbonyl (C=O) groups is 1. The van der Waals surface area contributed by atoms with Crippen LogP contribution < -0.4 is 4.90 Å². The first-order valence-corrected chi connectivity index (χ1v) is 14.7. The van der Waals surface area contributed by atoms with Crippen LogP contribution in [0.1, 0.15) is 31.2 Å². The minimum atomic E-state index is -3.82. The van der Waals surface area contributed by atoms with Gasteiger partial charge in [-0.15, -0.1) is 11.3 Å². The molecular formula is C23H29ClN4O3S3. The summed E-state index contributed by atoms with van der Waals surface area (Å²) >= 11 is 8.52. The first kappa shape index (κ1) is 25.5. The zero-order valence-electron chi connectivity index (χ0n) is 19.5. The van der Waals surface area contributed by atoms with Crippen molar-refractivity contribution in [3.8, 4) is 0 Å². The number of fused-ring (bicyclic) bond motifs is 1. The van der Waals surface area contributed by atoms with Gasteiger partial charge >= 0.3 is 0 Å². The summed E-state index contributed by atoms with van der Waals surface area (Å²) in [6, 6.07) is 8.34. The minimum Gasteiger partial charge on any atom is -0.309 e. The number of para-hydroxylation sites is 1. The minimum absolute atomic E-state index is 0.173. The summed E-state index contributed by atoms with van der Waals surface area (Å²) in [6.07, 6.45) is 2.78. The van der Waals surface area contributed by atoms with Crippen molar-refractivity contribution in [3.05, 3.63) is 40.2 Å². The van der Waals surface area contributed by atoms with Gasteiger partial charge in [0, 0.05) is 13.1 Å². The standard InChI is InChI=1S/C23H29ClN4O3S3/c1-16-8-6-10-18-21(16)25-23(32-18)27(14-7-13-26(2)3)22(29)17-9-4-5-15-28(17)34(30,31)20-12-11-19(24)33-20/h6,8,10-12,17H,4-5,7,9,13-15H2,1-3H3. The Kier molecular flexibility index (Phi) is 7.95. The number of aryl methyl sites for hydroxylation is 1. The molecule has 1 unspecified atom stereocenters. The Hall–Kier alpha value is -1.56. The first-order valence-electron chi connectivity index (χ1n) is 11.3. The number of hydrogen-bond acceptors (Lipinski definition) is 7. The number of sulfonamides is 1. The lowest BCUT2D eigenvalue weighted by Gasteiger charge is -2.36. The summed E-state index contributed by atoms with van der Waals surface area (Å²) in [4.78, 5) is 22.6. The second-order valence-electron chi connectivity index (χ2n) is 8.75. The van der Waals surface area contributed by atoms with Crippen molar-refractivity contribution in [1.82, 2.24) is 14.2 Å². The van der Waals surface area contributed by atoms with E-state index < -0.39 is 16.1 Å². The maximum absolute atomic E-state index is 14.0. The lowest BCUT2D eigenvalue weighted by atomic mass is 10.0. The summed E-state index contributed by atoms with van der Waals surface area (Å²) in [6.45, 7) is 3.61. The topological polar surface area (TPSA) is 73.8 Å². The fraction of sp³-hybridized carbons (Fsp3) is 0.478. The third-order valence-corrected chi connectivity index (χ3v) is 10.6. The average Bonchev–Trinajstić information content (AvgIpc) is 3.44. The Bertz CT molecular complexity index is 1270. The molecule has 1 atom stereocenters. The van der Waals surface area contributed by atoms with Crippen LogP contribution in [0, 0.1) is 6.92 Å². The van der Waals surface area contributed by atoms with Crippen LogP contribution in [-0.4, -0.2) is 68.3 Å². The van der Waals surface area contributed by atoms with E-state index in [0.29, 0.717) is 29.0 Å². The largest absolute Gasteiger partial charge is 0.309 e. The van der Waals surface area contributed by atoms with Crippen LogP contribution in [0.15, 0.2) is 34.5 Å². The van der Waals surface area contributed by atoms with Crippen LogP contribution in [0.2, 0.25) is 4.34 Å². The highest BCUT2D eigenvalue weighted by Gasteiger charge is 2.41. The summed E-state index contributed by atoms with van der Waals surface area (Å²) in [7, 11) is 0.168. The number of thiazole rings is 1. The first-order chi connectivity index (χ1) is 16.2. The number of piperidine rings is 1. The van der Waals surface area contributed by atoms with Crippen LogP contribution in [0.4, 0.5) is 5.13 Å². The Morgan fingerprint density at radius 2 is 1.97 bits per heavy atom. The number of carbonyl (C=O) groups excluding carboxylic acids is 1. The molecule has 7 nitrogen and oxygen atoms in total.